The maximum absolute atomic E-state index is 10.5. The van der Waals surface area contributed by atoms with E-state index in [1.54, 1.807) is 0 Å². The Morgan fingerprint density at radius 1 is 1.47 bits per heavy atom. The van der Waals surface area contributed by atoms with Crippen LogP contribution in [0.1, 0.15) is 18.9 Å². The Bertz CT molecular complexity index is 433. The summed E-state index contributed by atoms with van der Waals surface area (Å²) in [6, 6.07) is 5.63. The molecule has 1 heterocycles. The van der Waals surface area contributed by atoms with Crippen molar-refractivity contribution in [3.8, 4) is 11.5 Å². The van der Waals surface area contributed by atoms with Gasteiger partial charge < -0.3 is 14.6 Å². The molecule has 1 aromatic rings. The minimum absolute atomic E-state index is 0.0496. The van der Waals surface area contributed by atoms with Crippen molar-refractivity contribution in [3.63, 3.8) is 0 Å². The monoisotopic (exact) mass is 254 g/mol. The largest absolute Gasteiger partial charge is 0.481 e. The fourth-order valence-electron chi connectivity index (χ4n) is 1.80. The fraction of sp³-hybridized carbons (Fsp3) is 0.417. The number of aliphatic carboxylic acids is 1. The number of hydrogen-bond donors (Lipinski definition) is 2. The van der Waals surface area contributed by atoms with Crippen molar-refractivity contribution in [1.82, 2.24) is 0 Å². The van der Waals surface area contributed by atoms with Gasteiger partial charge in [0.05, 0.1) is 6.42 Å². The van der Waals surface area contributed by atoms with Crippen molar-refractivity contribution in [2.75, 3.05) is 0 Å². The number of hydrogen-bond acceptors (Lipinski definition) is 4. The number of ether oxygens (including phenoxy) is 2. The van der Waals surface area contributed by atoms with Crippen LogP contribution in [0.15, 0.2) is 18.2 Å². The number of fused-ring (bicyclic) bond motifs is 1. The van der Waals surface area contributed by atoms with Gasteiger partial charge in [-0.2, -0.15) is 12.6 Å². The second-order valence-corrected chi connectivity index (χ2v) is 4.77. The summed E-state index contributed by atoms with van der Waals surface area (Å²) in [6.07, 6.45) is 0.389. The van der Waals surface area contributed by atoms with E-state index in [0.717, 1.165) is 11.3 Å². The predicted octanol–water partition coefficient (Wildman–Crippen LogP) is 2.12. The van der Waals surface area contributed by atoms with E-state index in [2.05, 4.69) is 12.6 Å². The molecule has 4 nitrogen and oxygen atoms in total. The second-order valence-electron chi connectivity index (χ2n) is 4.04. The van der Waals surface area contributed by atoms with Crippen molar-refractivity contribution >= 4 is 18.6 Å². The summed E-state index contributed by atoms with van der Waals surface area (Å²) in [7, 11) is 0. The molecule has 5 heteroatoms. The van der Waals surface area contributed by atoms with Gasteiger partial charge in [-0.25, -0.2) is 0 Å². The lowest BCUT2D eigenvalue weighted by Gasteiger charge is -2.08. The van der Waals surface area contributed by atoms with Crippen LogP contribution in [0.3, 0.4) is 0 Å². The van der Waals surface area contributed by atoms with Gasteiger partial charge in [0.2, 0.25) is 6.29 Å². The Kier molecular flexibility index (Phi) is 3.47. The molecule has 0 fully saturated rings. The van der Waals surface area contributed by atoms with E-state index in [1.807, 2.05) is 25.1 Å². The van der Waals surface area contributed by atoms with Crippen LogP contribution in [0.4, 0.5) is 0 Å². The Labute approximate surface area is 105 Å². The summed E-state index contributed by atoms with van der Waals surface area (Å²) in [4.78, 5) is 10.5. The van der Waals surface area contributed by atoms with Crippen LogP contribution in [0.2, 0.25) is 0 Å². The molecule has 17 heavy (non-hydrogen) atoms. The Hall–Kier alpha value is -1.36. The lowest BCUT2D eigenvalue weighted by atomic mass is 10.1. The summed E-state index contributed by atoms with van der Waals surface area (Å²) in [5, 5.41) is 8.47. The van der Waals surface area contributed by atoms with E-state index in [9.17, 15) is 4.79 Å². The molecule has 2 atom stereocenters. The predicted molar refractivity (Wildman–Crippen MR) is 65.9 cm³/mol. The zero-order valence-electron chi connectivity index (χ0n) is 9.42. The van der Waals surface area contributed by atoms with Crippen LogP contribution >= 0.6 is 12.6 Å². The summed E-state index contributed by atoms with van der Waals surface area (Å²) in [5.74, 6) is 0.612. The highest BCUT2D eigenvalue weighted by molar-refractivity contribution is 7.81. The van der Waals surface area contributed by atoms with E-state index < -0.39 is 5.97 Å². The summed E-state index contributed by atoms with van der Waals surface area (Å²) >= 11 is 4.25. The van der Waals surface area contributed by atoms with Gasteiger partial charge in [-0.1, -0.05) is 6.07 Å². The molecule has 1 N–H and O–H groups in total. The van der Waals surface area contributed by atoms with E-state index in [-0.39, 0.29) is 18.0 Å². The minimum Gasteiger partial charge on any atom is -0.481 e. The van der Waals surface area contributed by atoms with Gasteiger partial charge in [0, 0.05) is 12.2 Å². The SMILES string of the molecule is CC1Oc2ccc(CC(S)CC(=O)O)cc2O1. The minimum atomic E-state index is -0.834. The normalized spacial score (nSPS) is 19.1. The quantitative estimate of drug-likeness (QED) is 0.808. The number of carbonyl (C=O) groups is 1. The van der Waals surface area contributed by atoms with Gasteiger partial charge in [-0.15, -0.1) is 0 Å². The third-order valence-corrected chi connectivity index (χ3v) is 2.84. The van der Waals surface area contributed by atoms with Crippen molar-refractivity contribution in [2.45, 2.75) is 31.3 Å². The van der Waals surface area contributed by atoms with E-state index >= 15 is 0 Å². The topological polar surface area (TPSA) is 55.8 Å². The third-order valence-electron chi connectivity index (χ3n) is 2.48. The molecule has 0 amide bonds. The zero-order chi connectivity index (χ0) is 12.4. The smallest absolute Gasteiger partial charge is 0.304 e. The van der Waals surface area contributed by atoms with Crippen LogP contribution in [-0.4, -0.2) is 22.6 Å². The van der Waals surface area contributed by atoms with Crippen molar-refractivity contribution < 1.29 is 19.4 Å². The number of thiol groups is 1. The number of benzene rings is 1. The average molecular weight is 254 g/mol. The highest BCUT2D eigenvalue weighted by atomic mass is 32.1. The molecule has 0 bridgehead atoms. The van der Waals surface area contributed by atoms with Crippen molar-refractivity contribution in [1.29, 1.82) is 0 Å². The molecular weight excluding hydrogens is 240 g/mol. The maximum atomic E-state index is 10.5. The van der Waals surface area contributed by atoms with E-state index in [0.29, 0.717) is 12.2 Å². The molecular formula is C12H14O4S. The molecule has 1 aliphatic rings. The zero-order valence-corrected chi connectivity index (χ0v) is 10.3. The molecule has 1 aliphatic heterocycles. The first-order valence-electron chi connectivity index (χ1n) is 5.40. The summed E-state index contributed by atoms with van der Waals surface area (Å²) in [6.45, 7) is 1.82. The molecule has 1 aromatic carbocycles. The molecule has 2 rings (SSSR count). The van der Waals surface area contributed by atoms with E-state index in [4.69, 9.17) is 14.6 Å². The molecule has 0 saturated heterocycles. The van der Waals surface area contributed by atoms with Gasteiger partial charge >= 0.3 is 5.97 Å². The van der Waals surface area contributed by atoms with Gasteiger partial charge in [0.25, 0.3) is 0 Å². The molecule has 0 aliphatic carbocycles. The molecule has 0 spiro atoms. The Morgan fingerprint density at radius 3 is 2.88 bits per heavy atom. The molecule has 0 radical (unpaired) electrons. The highest BCUT2D eigenvalue weighted by Crippen LogP contribution is 2.35. The van der Waals surface area contributed by atoms with Crippen molar-refractivity contribution in [3.05, 3.63) is 23.8 Å². The lowest BCUT2D eigenvalue weighted by molar-refractivity contribution is -0.136. The summed E-state index contributed by atoms with van der Waals surface area (Å²) < 4.78 is 10.8. The lowest BCUT2D eigenvalue weighted by Crippen LogP contribution is -2.11. The number of rotatable bonds is 4. The van der Waals surface area contributed by atoms with Gasteiger partial charge in [0.15, 0.2) is 11.5 Å². The number of carboxylic acid groups (broad SMARTS) is 1. The average Bonchev–Trinajstić information content (AvgIpc) is 2.55. The van der Waals surface area contributed by atoms with Crippen LogP contribution in [0, 0.1) is 0 Å². The second kappa shape index (κ2) is 4.87. The molecule has 92 valence electrons. The van der Waals surface area contributed by atoms with Crippen LogP contribution in [0.25, 0.3) is 0 Å². The summed E-state index contributed by atoms with van der Waals surface area (Å²) in [5.41, 5.74) is 1.00. The van der Waals surface area contributed by atoms with Crippen LogP contribution in [0.5, 0.6) is 11.5 Å². The van der Waals surface area contributed by atoms with E-state index in [1.165, 1.54) is 0 Å². The molecule has 0 saturated carbocycles. The Balaban J connectivity index is 2.03. The highest BCUT2D eigenvalue weighted by Gasteiger charge is 2.20. The first-order chi connectivity index (χ1) is 8.04. The van der Waals surface area contributed by atoms with Gasteiger partial charge in [-0.3, -0.25) is 4.79 Å². The molecule has 2 unspecified atom stereocenters. The third kappa shape index (κ3) is 3.06. The van der Waals surface area contributed by atoms with Gasteiger partial charge in [-0.05, 0) is 24.1 Å². The Morgan fingerprint density at radius 2 is 2.18 bits per heavy atom. The number of carboxylic acids is 1. The van der Waals surface area contributed by atoms with Crippen LogP contribution < -0.4 is 9.47 Å². The fourth-order valence-corrected chi connectivity index (χ4v) is 2.16. The van der Waals surface area contributed by atoms with Crippen molar-refractivity contribution in [2.24, 2.45) is 0 Å². The maximum Gasteiger partial charge on any atom is 0.304 e. The first kappa shape index (κ1) is 12.1. The standard InChI is InChI=1S/C12H14O4S/c1-7-15-10-3-2-8(5-11(10)16-7)4-9(17)6-12(13)14/h2-3,5,7,9,17H,4,6H2,1H3,(H,13,14). The first-order valence-corrected chi connectivity index (χ1v) is 5.92. The molecule has 0 aromatic heterocycles. The van der Waals surface area contributed by atoms with Gasteiger partial charge in [0.1, 0.15) is 0 Å². The van der Waals surface area contributed by atoms with Crippen LogP contribution in [-0.2, 0) is 11.2 Å².